The van der Waals surface area contributed by atoms with E-state index in [0.717, 1.165) is 19.8 Å². The molecule has 0 bridgehead atoms. The number of aryl methyl sites for hydroxylation is 2. The summed E-state index contributed by atoms with van der Waals surface area (Å²) in [5.74, 6) is -0.965. The van der Waals surface area contributed by atoms with Crippen molar-refractivity contribution in [3.05, 3.63) is 87.1 Å². The van der Waals surface area contributed by atoms with Crippen LogP contribution in [0.15, 0.2) is 71.6 Å². The second-order valence-electron chi connectivity index (χ2n) is 7.90. The van der Waals surface area contributed by atoms with E-state index in [1.165, 1.54) is 19.1 Å². The zero-order chi connectivity index (χ0) is 26.3. The van der Waals surface area contributed by atoms with Gasteiger partial charge in [-0.1, -0.05) is 18.2 Å². The summed E-state index contributed by atoms with van der Waals surface area (Å²) in [5, 5.41) is 0.789. The predicted octanol–water partition coefficient (Wildman–Crippen LogP) is 3.34. The Hall–Kier alpha value is -3.03. The number of carbonyl (C=O) groups excluding carboxylic acids is 2. The number of hydrogen-bond acceptors (Lipinski definition) is 7. The highest BCUT2D eigenvalue weighted by atomic mass is 127. The molecule has 0 spiro atoms. The van der Waals surface area contributed by atoms with E-state index in [-0.39, 0.29) is 17.1 Å². The van der Waals surface area contributed by atoms with E-state index in [9.17, 15) is 18.0 Å². The van der Waals surface area contributed by atoms with Crippen LogP contribution in [0.5, 0.6) is 0 Å². The molecule has 1 atom stereocenters. The zero-order valence-electron chi connectivity index (χ0n) is 19.8. The van der Waals surface area contributed by atoms with Gasteiger partial charge in [0.1, 0.15) is 11.9 Å². The largest absolute Gasteiger partial charge is 0.464 e. The molecule has 1 amide bonds. The summed E-state index contributed by atoms with van der Waals surface area (Å²) in [4.78, 5) is 32.3. The van der Waals surface area contributed by atoms with Crippen molar-refractivity contribution >= 4 is 50.3 Å². The lowest BCUT2D eigenvalue weighted by Gasteiger charge is -2.28. The topological polar surface area (TPSA) is 132 Å². The van der Waals surface area contributed by atoms with Crippen molar-refractivity contribution in [2.75, 3.05) is 12.3 Å². The Morgan fingerprint density at radius 1 is 1.06 bits per heavy atom. The van der Waals surface area contributed by atoms with E-state index in [2.05, 4.69) is 32.4 Å². The second kappa shape index (κ2) is 12.3. The van der Waals surface area contributed by atoms with Crippen molar-refractivity contribution in [2.45, 2.75) is 37.6 Å². The first-order valence-electron chi connectivity index (χ1n) is 11.2. The molecule has 0 saturated carbocycles. The van der Waals surface area contributed by atoms with Gasteiger partial charge in [0.15, 0.2) is 0 Å². The SMILES string of the molecule is CCOC(=O)[C@H](C)N(NS(=O)(=O)c1ccc(I)cc1)C(=O)c1ccc(CCc2cccc(N)n2)cc1. The highest BCUT2D eigenvalue weighted by molar-refractivity contribution is 14.1. The number of rotatable bonds is 10. The number of anilines is 1. The van der Waals surface area contributed by atoms with Crippen LogP contribution in [0.1, 0.15) is 35.5 Å². The zero-order valence-corrected chi connectivity index (χ0v) is 22.8. The molecule has 36 heavy (non-hydrogen) atoms. The lowest BCUT2D eigenvalue weighted by atomic mass is 10.1. The molecule has 0 saturated heterocycles. The van der Waals surface area contributed by atoms with Crippen LogP contribution in [0.2, 0.25) is 0 Å². The number of hydrogen-bond donors (Lipinski definition) is 2. The van der Waals surface area contributed by atoms with Gasteiger partial charge in [0.25, 0.3) is 15.9 Å². The van der Waals surface area contributed by atoms with Gasteiger partial charge in [0, 0.05) is 14.8 Å². The molecule has 0 aliphatic heterocycles. The number of ether oxygens (including phenoxy) is 1. The summed E-state index contributed by atoms with van der Waals surface area (Å²) >= 11 is 2.06. The Kier molecular flexibility index (Phi) is 9.40. The molecule has 1 aromatic heterocycles. The normalized spacial score (nSPS) is 12.1. The highest BCUT2D eigenvalue weighted by Gasteiger charge is 2.32. The Morgan fingerprint density at radius 3 is 2.33 bits per heavy atom. The van der Waals surface area contributed by atoms with Crippen LogP contribution in [-0.2, 0) is 32.4 Å². The molecule has 0 aliphatic carbocycles. The molecule has 2 aromatic carbocycles. The van der Waals surface area contributed by atoms with Gasteiger partial charge in [0.2, 0.25) is 0 Å². The number of halogens is 1. The molecule has 11 heteroatoms. The number of nitrogen functional groups attached to an aromatic ring is 1. The molecule has 3 rings (SSSR count). The predicted molar refractivity (Wildman–Crippen MR) is 144 cm³/mol. The fourth-order valence-corrected chi connectivity index (χ4v) is 4.78. The summed E-state index contributed by atoms with van der Waals surface area (Å²) < 4.78 is 31.9. The number of esters is 1. The van der Waals surface area contributed by atoms with Crippen LogP contribution in [0.3, 0.4) is 0 Å². The van der Waals surface area contributed by atoms with Crippen molar-refractivity contribution in [2.24, 2.45) is 0 Å². The van der Waals surface area contributed by atoms with E-state index in [1.807, 2.05) is 12.1 Å². The maximum atomic E-state index is 13.4. The number of carbonyl (C=O) groups is 2. The highest BCUT2D eigenvalue weighted by Crippen LogP contribution is 2.16. The number of sulfonamides is 1. The first kappa shape index (κ1) is 27.6. The van der Waals surface area contributed by atoms with E-state index < -0.39 is 27.9 Å². The Labute approximate surface area is 224 Å². The van der Waals surface area contributed by atoms with Gasteiger partial charge in [0.05, 0.1) is 11.5 Å². The third-order valence-corrected chi connectivity index (χ3v) is 7.32. The Balaban J connectivity index is 1.81. The van der Waals surface area contributed by atoms with Gasteiger partial charge >= 0.3 is 5.97 Å². The minimum Gasteiger partial charge on any atom is -0.464 e. The van der Waals surface area contributed by atoms with Gasteiger partial charge in [-0.25, -0.2) is 23.2 Å². The van der Waals surface area contributed by atoms with Gasteiger partial charge < -0.3 is 10.5 Å². The summed E-state index contributed by atoms with van der Waals surface area (Å²) in [6.45, 7) is 3.12. The number of nitrogens with one attached hydrogen (secondary N) is 1. The van der Waals surface area contributed by atoms with E-state index in [1.54, 1.807) is 49.4 Å². The Bertz CT molecular complexity index is 1320. The van der Waals surface area contributed by atoms with Gasteiger partial charge in [-0.05, 0) is 103 Å². The van der Waals surface area contributed by atoms with Crippen molar-refractivity contribution in [1.82, 2.24) is 14.8 Å². The molecular weight excluding hydrogens is 595 g/mol. The quantitative estimate of drug-likeness (QED) is 0.202. The molecule has 0 aliphatic rings. The number of nitrogens with two attached hydrogens (primary N) is 1. The average molecular weight is 622 g/mol. The van der Waals surface area contributed by atoms with Crippen LogP contribution in [-0.4, -0.2) is 42.9 Å². The van der Waals surface area contributed by atoms with E-state index >= 15 is 0 Å². The maximum Gasteiger partial charge on any atom is 0.330 e. The molecule has 190 valence electrons. The third kappa shape index (κ3) is 7.24. The molecule has 1 heterocycles. The molecule has 9 nitrogen and oxygen atoms in total. The van der Waals surface area contributed by atoms with Gasteiger partial charge in [-0.15, -0.1) is 4.83 Å². The van der Waals surface area contributed by atoms with Crippen molar-refractivity contribution in [1.29, 1.82) is 0 Å². The first-order chi connectivity index (χ1) is 17.1. The monoisotopic (exact) mass is 622 g/mol. The molecular formula is C25H27IN4O5S. The smallest absolute Gasteiger partial charge is 0.330 e. The number of nitrogens with zero attached hydrogens (tertiary/aromatic N) is 2. The van der Waals surface area contributed by atoms with Crippen LogP contribution in [0.25, 0.3) is 0 Å². The summed E-state index contributed by atoms with van der Waals surface area (Å²) in [7, 11) is -4.15. The van der Waals surface area contributed by atoms with Crippen LogP contribution in [0.4, 0.5) is 5.82 Å². The third-order valence-electron chi connectivity index (χ3n) is 5.28. The van der Waals surface area contributed by atoms with Crippen LogP contribution in [0, 0.1) is 3.57 Å². The molecule has 3 N–H and O–H groups in total. The van der Waals surface area contributed by atoms with Gasteiger partial charge in [-0.2, -0.15) is 0 Å². The molecule has 0 radical (unpaired) electrons. The van der Waals surface area contributed by atoms with Gasteiger partial charge in [-0.3, -0.25) is 4.79 Å². The average Bonchev–Trinajstić information content (AvgIpc) is 2.86. The van der Waals surface area contributed by atoms with Crippen LogP contribution < -0.4 is 10.6 Å². The number of amides is 1. The van der Waals surface area contributed by atoms with E-state index in [0.29, 0.717) is 18.7 Å². The minimum absolute atomic E-state index is 0.0396. The maximum absolute atomic E-state index is 13.4. The standard InChI is InChI=1S/C25H27IN4O5S/c1-3-35-25(32)17(2)30(29-36(33,34)22-15-12-20(26)13-16-22)24(31)19-10-7-18(8-11-19)9-14-21-5-4-6-23(27)28-21/h4-8,10-13,15-17,29H,3,9,14H2,1-2H3,(H2,27,28)/t17-/m0/s1. The molecule has 0 fully saturated rings. The fourth-order valence-electron chi connectivity index (χ4n) is 3.32. The lowest BCUT2D eigenvalue weighted by Crippen LogP contribution is -2.54. The van der Waals surface area contributed by atoms with Crippen molar-refractivity contribution < 1.29 is 22.7 Å². The summed E-state index contributed by atoms with van der Waals surface area (Å²) in [6, 6.07) is 17.1. The summed E-state index contributed by atoms with van der Waals surface area (Å²) in [6.07, 6.45) is 1.34. The van der Waals surface area contributed by atoms with Crippen molar-refractivity contribution in [3.63, 3.8) is 0 Å². The second-order valence-corrected chi connectivity index (χ2v) is 10.8. The Morgan fingerprint density at radius 2 is 1.72 bits per heavy atom. The number of aromatic nitrogens is 1. The van der Waals surface area contributed by atoms with Crippen LogP contribution >= 0.6 is 22.6 Å². The molecule has 3 aromatic rings. The minimum atomic E-state index is -4.15. The number of hydrazine groups is 1. The van der Waals surface area contributed by atoms with Crippen molar-refractivity contribution in [3.8, 4) is 0 Å². The number of pyridine rings is 1. The summed E-state index contributed by atoms with van der Waals surface area (Å²) in [5.41, 5.74) is 7.75. The van der Waals surface area contributed by atoms with E-state index in [4.69, 9.17) is 10.5 Å². The fraction of sp³-hybridized carbons (Fsp3) is 0.240. The lowest BCUT2D eigenvalue weighted by molar-refractivity contribution is -0.148. The first-order valence-corrected chi connectivity index (χ1v) is 13.8. The number of benzene rings is 2. The molecule has 0 unspecified atom stereocenters.